The van der Waals surface area contributed by atoms with Gasteiger partial charge in [0.1, 0.15) is 0 Å². The molecule has 0 aromatic heterocycles. The molecule has 5 heteroatoms. The molecule has 1 saturated heterocycles. The number of amides is 1. The molecule has 104 valence electrons. The number of likely N-dealkylation sites (tertiary alicyclic amines) is 1. The number of carbonyl (C=O) groups excluding carboxylic acids is 1. The van der Waals surface area contributed by atoms with Gasteiger partial charge in [-0.1, -0.05) is 13.8 Å². The maximum Gasteiger partial charge on any atom is 0.304 e. The van der Waals surface area contributed by atoms with Crippen LogP contribution in [0.3, 0.4) is 0 Å². The summed E-state index contributed by atoms with van der Waals surface area (Å²) in [5, 5.41) is 8.85. The smallest absolute Gasteiger partial charge is 0.304 e. The first-order chi connectivity index (χ1) is 8.24. The van der Waals surface area contributed by atoms with Crippen LogP contribution in [0.1, 0.15) is 33.1 Å². The SMILES string of the molecule is CN1CCC(N(C)C(=O)C(C)(C)CC(=O)O)CC1. The highest BCUT2D eigenvalue weighted by Gasteiger charge is 2.36. The Hall–Kier alpha value is -1.10. The molecule has 0 spiro atoms. The largest absolute Gasteiger partial charge is 0.481 e. The summed E-state index contributed by atoms with van der Waals surface area (Å²) in [5.41, 5.74) is -0.829. The van der Waals surface area contributed by atoms with E-state index in [0.29, 0.717) is 0 Å². The molecule has 1 aliphatic rings. The minimum Gasteiger partial charge on any atom is -0.481 e. The first kappa shape index (κ1) is 15.0. The van der Waals surface area contributed by atoms with Crippen molar-refractivity contribution in [2.24, 2.45) is 5.41 Å². The maximum absolute atomic E-state index is 12.3. The maximum atomic E-state index is 12.3. The molecule has 1 amide bonds. The predicted molar refractivity (Wildman–Crippen MR) is 69.3 cm³/mol. The van der Waals surface area contributed by atoms with Crippen LogP contribution >= 0.6 is 0 Å². The van der Waals surface area contributed by atoms with Crippen molar-refractivity contribution in [1.82, 2.24) is 9.80 Å². The zero-order valence-electron chi connectivity index (χ0n) is 11.8. The Morgan fingerprint density at radius 3 is 2.28 bits per heavy atom. The zero-order chi connectivity index (χ0) is 13.9. The number of aliphatic carboxylic acids is 1. The van der Waals surface area contributed by atoms with Crippen LogP contribution in [0.15, 0.2) is 0 Å². The van der Waals surface area contributed by atoms with Crippen LogP contribution in [-0.4, -0.2) is 60.0 Å². The predicted octanol–water partition coefficient (Wildman–Crippen LogP) is 1.04. The zero-order valence-corrected chi connectivity index (χ0v) is 11.8. The number of carboxylic acids is 1. The number of nitrogens with zero attached hydrogens (tertiary/aromatic N) is 2. The lowest BCUT2D eigenvalue weighted by atomic mass is 9.86. The molecule has 0 atom stereocenters. The van der Waals surface area contributed by atoms with Crippen molar-refractivity contribution in [3.8, 4) is 0 Å². The molecule has 5 nitrogen and oxygen atoms in total. The van der Waals surface area contributed by atoms with Crippen molar-refractivity contribution in [3.05, 3.63) is 0 Å². The molecule has 0 radical (unpaired) electrons. The quantitative estimate of drug-likeness (QED) is 0.816. The first-order valence-electron chi connectivity index (χ1n) is 6.41. The van der Waals surface area contributed by atoms with Crippen LogP contribution in [0.4, 0.5) is 0 Å². The van der Waals surface area contributed by atoms with E-state index in [1.54, 1.807) is 25.8 Å². The molecular weight excluding hydrogens is 232 g/mol. The number of carboxylic acid groups (broad SMARTS) is 1. The summed E-state index contributed by atoms with van der Waals surface area (Å²) in [4.78, 5) is 27.1. The highest BCUT2D eigenvalue weighted by molar-refractivity contribution is 5.86. The molecule has 0 bridgehead atoms. The highest BCUT2D eigenvalue weighted by atomic mass is 16.4. The molecule has 0 aliphatic carbocycles. The van der Waals surface area contributed by atoms with E-state index in [1.807, 2.05) is 0 Å². The van der Waals surface area contributed by atoms with Gasteiger partial charge in [0, 0.05) is 13.1 Å². The second-order valence-corrected chi connectivity index (χ2v) is 5.90. The number of hydrogen-bond donors (Lipinski definition) is 1. The lowest BCUT2D eigenvalue weighted by molar-refractivity contribution is -0.150. The van der Waals surface area contributed by atoms with Gasteiger partial charge >= 0.3 is 5.97 Å². The van der Waals surface area contributed by atoms with Gasteiger partial charge in [-0.05, 0) is 33.0 Å². The number of rotatable bonds is 4. The number of hydrogen-bond acceptors (Lipinski definition) is 3. The number of piperidine rings is 1. The summed E-state index contributed by atoms with van der Waals surface area (Å²) >= 11 is 0. The van der Waals surface area contributed by atoms with Crippen molar-refractivity contribution < 1.29 is 14.7 Å². The topological polar surface area (TPSA) is 60.9 Å². The molecule has 0 aromatic rings. The van der Waals surface area contributed by atoms with E-state index in [1.165, 1.54) is 0 Å². The van der Waals surface area contributed by atoms with Crippen LogP contribution in [0.2, 0.25) is 0 Å². The lowest BCUT2D eigenvalue weighted by Crippen LogP contribution is -2.49. The minimum atomic E-state index is -0.926. The molecule has 1 heterocycles. The van der Waals surface area contributed by atoms with E-state index in [9.17, 15) is 9.59 Å². The molecule has 1 fully saturated rings. The van der Waals surface area contributed by atoms with E-state index >= 15 is 0 Å². The summed E-state index contributed by atoms with van der Waals surface area (Å²) in [7, 11) is 3.87. The van der Waals surface area contributed by atoms with Crippen molar-refractivity contribution in [2.75, 3.05) is 27.2 Å². The lowest BCUT2D eigenvalue weighted by Gasteiger charge is -2.38. The minimum absolute atomic E-state index is 0.0700. The monoisotopic (exact) mass is 256 g/mol. The van der Waals surface area contributed by atoms with Crippen LogP contribution in [-0.2, 0) is 9.59 Å². The van der Waals surface area contributed by atoms with Gasteiger partial charge in [-0.3, -0.25) is 9.59 Å². The van der Waals surface area contributed by atoms with Gasteiger partial charge < -0.3 is 14.9 Å². The second kappa shape index (κ2) is 5.69. The Morgan fingerprint density at radius 2 is 1.83 bits per heavy atom. The Morgan fingerprint density at radius 1 is 1.33 bits per heavy atom. The van der Waals surface area contributed by atoms with Gasteiger partial charge in [-0.2, -0.15) is 0 Å². The molecular formula is C13H24N2O3. The van der Waals surface area contributed by atoms with Crippen LogP contribution in [0.25, 0.3) is 0 Å². The van der Waals surface area contributed by atoms with E-state index in [-0.39, 0.29) is 18.4 Å². The summed E-state index contributed by atoms with van der Waals surface area (Å²) < 4.78 is 0. The normalized spacial score (nSPS) is 18.7. The average molecular weight is 256 g/mol. The number of carbonyl (C=O) groups is 2. The first-order valence-corrected chi connectivity index (χ1v) is 6.41. The van der Waals surface area contributed by atoms with Gasteiger partial charge in [0.2, 0.25) is 5.91 Å². The van der Waals surface area contributed by atoms with E-state index < -0.39 is 11.4 Å². The molecule has 1 rings (SSSR count). The van der Waals surface area contributed by atoms with E-state index in [2.05, 4.69) is 11.9 Å². The Labute approximate surface area is 109 Å². The Kier molecular flexibility index (Phi) is 4.73. The standard InChI is InChI=1S/C13H24N2O3/c1-13(2,9-11(16)17)12(18)15(4)10-5-7-14(3)8-6-10/h10H,5-9H2,1-4H3,(H,16,17). The van der Waals surface area contributed by atoms with Crippen LogP contribution in [0.5, 0.6) is 0 Å². The van der Waals surface area contributed by atoms with E-state index in [4.69, 9.17) is 5.11 Å². The van der Waals surface area contributed by atoms with Gasteiger partial charge in [0.15, 0.2) is 0 Å². The van der Waals surface area contributed by atoms with E-state index in [0.717, 1.165) is 25.9 Å². The van der Waals surface area contributed by atoms with Gasteiger partial charge in [-0.15, -0.1) is 0 Å². The van der Waals surface area contributed by atoms with Crippen molar-refractivity contribution in [1.29, 1.82) is 0 Å². The van der Waals surface area contributed by atoms with Gasteiger partial charge in [0.25, 0.3) is 0 Å². The highest BCUT2D eigenvalue weighted by Crippen LogP contribution is 2.26. The fraction of sp³-hybridized carbons (Fsp3) is 0.846. The third-order valence-electron chi connectivity index (χ3n) is 3.73. The molecule has 1 N–H and O–H groups in total. The third kappa shape index (κ3) is 3.70. The van der Waals surface area contributed by atoms with Crippen LogP contribution < -0.4 is 0 Å². The molecule has 0 unspecified atom stereocenters. The van der Waals surface area contributed by atoms with Gasteiger partial charge in [0.05, 0.1) is 11.8 Å². The van der Waals surface area contributed by atoms with Crippen molar-refractivity contribution in [3.63, 3.8) is 0 Å². The second-order valence-electron chi connectivity index (χ2n) is 5.90. The van der Waals surface area contributed by atoms with Crippen LogP contribution in [0, 0.1) is 5.41 Å². The molecule has 0 aromatic carbocycles. The fourth-order valence-corrected chi connectivity index (χ4v) is 2.48. The summed E-state index contributed by atoms with van der Waals surface area (Å²) in [6.07, 6.45) is 1.80. The summed E-state index contributed by atoms with van der Waals surface area (Å²) in [5.74, 6) is -0.996. The van der Waals surface area contributed by atoms with Crippen molar-refractivity contribution >= 4 is 11.9 Å². The molecule has 18 heavy (non-hydrogen) atoms. The third-order valence-corrected chi connectivity index (χ3v) is 3.73. The van der Waals surface area contributed by atoms with Crippen molar-refractivity contribution in [2.45, 2.75) is 39.2 Å². The summed E-state index contributed by atoms with van der Waals surface area (Å²) in [6.45, 7) is 5.38. The summed E-state index contributed by atoms with van der Waals surface area (Å²) in [6, 6.07) is 0.238. The molecule has 0 saturated carbocycles. The average Bonchev–Trinajstić information content (AvgIpc) is 2.26. The molecule has 1 aliphatic heterocycles. The Balaban J connectivity index is 2.62. The Bertz CT molecular complexity index is 320. The fourth-order valence-electron chi connectivity index (χ4n) is 2.48. The van der Waals surface area contributed by atoms with Gasteiger partial charge in [-0.25, -0.2) is 0 Å².